The van der Waals surface area contributed by atoms with Gasteiger partial charge in [0.1, 0.15) is 11.9 Å². The molecule has 2 N–H and O–H groups in total. The number of ether oxygens (including phenoxy) is 1. The Balaban J connectivity index is 1.53. The van der Waals surface area contributed by atoms with Crippen molar-refractivity contribution in [3.8, 4) is 0 Å². The average molecular weight is 375 g/mol. The van der Waals surface area contributed by atoms with Crippen molar-refractivity contribution in [2.24, 2.45) is 0 Å². The molecule has 10 nitrogen and oxygen atoms in total. The van der Waals surface area contributed by atoms with E-state index in [1.807, 2.05) is 17.5 Å². The van der Waals surface area contributed by atoms with Gasteiger partial charge in [-0.3, -0.25) is 4.40 Å². The van der Waals surface area contributed by atoms with Gasteiger partial charge in [0.25, 0.3) is 0 Å². The highest BCUT2D eigenvalue weighted by Gasteiger charge is 2.25. The molecule has 0 saturated carbocycles. The van der Waals surface area contributed by atoms with Crippen LogP contribution in [0.25, 0.3) is 5.65 Å². The number of piperidine rings is 1. The van der Waals surface area contributed by atoms with Crippen LogP contribution in [0.15, 0.2) is 12.4 Å². The number of carbonyl (C=O) groups is 2. The Labute approximate surface area is 157 Å². The molecule has 146 valence electrons. The summed E-state index contributed by atoms with van der Waals surface area (Å²) in [5.41, 5.74) is 0.738. The molecule has 2 aromatic rings. The van der Waals surface area contributed by atoms with E-state index in [2.05, 4.69) is 30.7 Å². The van der Waals surface area contributed by atoms with Crippen LogP contribution in [-0.2, 0) is 9.53 Å². The SMILES string of the molecule is CCOC(=O)C(C)NC(=O)NC1CCN(c2nccn3c(C)nnc23)CC1. The van der Waals surface area contributed by atoms with Crippen LogP contribution in [0.1, 0.15) is 32.5 Å². The summed E-state index contributed by atoms with van der Waals surface area (Å²) in [5, 5.41) is 13.8. The van der Waals surface area contributed by atoms with Crippen molar-refractivity contribution in [1.82, 2.24) is 30.2 Å². The van der Waals surface area contributed by atoms with Gasteiger partial charge in [-0.1, -0.05) is 0 Å². The minimum absolute atomic E-state index is 0.0370. The summed E-state index contributed by atoms with van der Waals surface area (Å²) in [4.78, 5) is 30.3. The number of amides is 2. The van der Waals surface area contributed by atoms with Crippen molar-refractivity contribution in [1.29, 1.82) is 0 Å². The molecule has 3 heterocycles. The lowest BCUT2D eigenvalue weighted by Gasteiger charge is -2.33. The number of carbonyl (C=O) groups excluding carboxylic acids is 2. The second-order valence-corrected chi connectivity index (χ2v) is 6.54. The lowest BCUT2D eigenvalue weighted by Crippen LogP contribution is -2.51. The summed E-state index contributed by atoms with van der Waals surface area (Å²) in [7, 11) is 0. The van der Waals surface area contributed by atoms with Gasteiger partial charge >= 0.3 is 12.0 Å². The third-order valence-corrected chi connectivity index (χ3v) is 4.60. The zero-order valence-electron chi connectivity index (χ0n) is 15.8. The number of aromatic nitrogens is 4. The Morgan fingerprint density at radius 1 is 1.33 bits per heavy atom. The standard InChI is InChI=1S/C17H25N7O3/c1-4-27-16(25)11(2)19-17(26)20-13-5-8-23(9-6-13)14-15-22-21-12(3)24(15)10-7-18-14/h7,10-11,13H,4-6,8-9H2,1-3H3,(H2,19,20,26). The fourth-order valence-electron chi connectivity index (χ4n) is 3.14. The second kappa shape index (κ2) is 8.19. The predicted molar refractivity (Wildman–Crippen MR) is 98.5 cm³/mol. The maximum Gasteiger partial charge on any atom is 0.328 e. The van der Waals surface area contributed by atoms with E-state index >= 15 is 0 Å². The summed E-state index contributed by atoms with van der Waals surface area (Å²) >= 11 is 0. The van der Waals surface area contributed by atoms with E-state index in [1.165, 1.54) is 0 Å². The van der Waals surface area contributed by atoms with Gasteiger partial charge in [0.05, 0.1) is 6.61 Å². The molecule has 10 heteroatoms. The first-order valence-electron chi connectivity index (χ1n) is 9.14. The Morgan fingerprint density at radius 2 is 2.07 bits per heavy atom. The number of hydrogen-bond donors (Lipinski definition) is 2. The van der Waals surface area contributed by atoms with Gasteiger partial charge in [-0.15, -0.1) is 10.2 Å². The van der Waals surface area contributed by atoms with Crippen LogP contribution in [0.5, 0.6) is 0 Å². The first-order chi connectivity index (χ1) is 13.0. The van der Waals surface area contributed by atoms with E-state index in [-0.39, 0.29) is 18.7 Å². The monoisotopic (exact) mass is 375 g/mol. The van der Waals surface area contributed by atoms with Gasteiger partial charge in [-0.05, 0) is 33.6 Å². The first kappa shape index (κ1) is 18.9. The van der Waals surface area contributed by atoms with Crippen molar-refractivity contribution in [3.63, 3.8) is 0 Å². The van der Waals surface area contributed by atoms with Gasteiger partial charge in [0.15, 0.2) is 5.82 Å². The second-order valence-electron chi connectivity index (χ2n) is 6.54. The number of anilines is 1. The largest absolute Gasteiger partial charge is 0.464 e. The highest BCUT2D eigenvalue weighted by Crippen LogP contribution is 2.21. The number of urea groups is 1. The van der Waals surface area contributed by atoms with Crippen molar-refractivity contribution in [2.45, 2.75) is 45.7 Å². The molecule has 0 bridgehead atoms. The van der Waals surface area contributed by atoms with Gasteiger partial charge in [-0.2, -0.15) is 0 Å². The highest BCUT2D eigenvalue weighted by atomic mass is 16.5. The van der Waals surface area contributed by atoms with Crippen LogP contribution < -0.4 is 15.5 Å². The molecule has 27 heavy (non-hydrogen) atoms. The molecule has 1 fully saturated rings. The average Bonchev–Trinajstić information content (AvgIpc) is 3.04. The maximum atomic E-state index is 12.1. The summed E-state index contributed by atoms with van der Waals surface area (Å²) in [6, 6.07) is -1.000. The normalized spacial score (nSPS) is 16.2. The minimum atomic E-state index is -0.678. The third kappa shape index (κ3) is 4.26. The molecule has 1 aliphatic heterocycles. The zero-order chi connectivity index (χ0) is 19.4. The van der Waals surface area contributed by atoms with Crippen LogP contribution >= 0.6 is 0 Å². The first-order valence-corrected chi connectivity index (χ1v) is 9.14. The molecule has 1 aliphatic rings. The summed E-state index contributed by atoms with van der Waals surface area (Å²) < 4.78 is 6.80. The fourth-order valence-corrected chi connectivity index (χ4v) is 3.14. The van der Waals surface area contributed by atoms with Crippen molar-refractivity contribution < 1.29 is 14.3 Å². The number of aryl methyl sites for hydroxylation is 1. The summed E-state index contributed by atoms with van der Waals surface area (Å²) in [5.74, 6) is 1.18. The number of rotatable bonds is 5. The molecule has 1 atom stereocenters. The Hall–Kier alpha value is -2.91. The quantitative estimate of drug-likeness (QED) is 0.738. The van der Waals surface area contributed by atoms with E-state index < -0.39 is 12.0 Å². The zero-order valence-corrected chi connectivity index (χ0v) is 15.8. The Bertz CT molecular complexity index is 814. The van der Waals surface area contributed by atoms with Gasteiger partial charge in [-0.25, -0.2) is 14.6 Å². The van der Waals surface area contributed by atoms with E-state index in [0.717, 1.165) is 43.2 Å². The maximum absolute atomic E-state index is 12.1. The lowest BCUT2D eigenvalue weighted by molar-refractivity contribution is -0.144. The highest BCUT2D eigenvalue weighted by molar-refractivity contribution is 5.83. The van der Waals surface area contributed by atoms with E-state index in [4.69, 9.17) is 4.74 Å². The number of esters is 1. The number of hydrogen-bond acceptors (Lipinski definition) is 7. The topological polar surface area (TPSA) is 114 Å². The van der Waals surface area contributed by atoms with Crippen LogP contribution in [0.3, 0.4) is 0 Å². The van der Waals surface area contributed by atoms with Gasteiger partial charge in [0.2, 0.25) is 5.65 Å². The van der Waals surface area contributed by atoms with Crippen LogP contribution in [0.2, 0.25) is 0 Å². The summed E-state index contributed by atoms with van der Waals surface area (Å²) in [6.07, 6.45) is 5.14. The lowest BCUT2D eigenvalue weighted by atomic mass is 10.1. The predicted octanol–water partition coefficient (Wildman–Crippen LogP) is 0.652. The molecule has 0 radical (unpaired) electrons. The van der Waals surface area contributed by atoms with Crippen LogP contribution in [0, 0.1) is 6.92 Å². The summed E-state index contributed by atoms with van der Waals surface area (Å²) in [6.45, 7) is 7.02. The molecule has 1 saturated heterocycles. The molecule has 2 aromatic heterocycles. The van der Waals surface area contributed by atoms with E-state index in [0.29, 0.717) is 0 Å². The Kier molecular flexibility index (Phi) is 5.72. The molecule has 2 amide bonds. The molecule has 3 rings (SSSR count). The van der Waals surface area contributed by atoms with Crippen LogP contribution in [-0.4, -0.2) is 63.4 Å². The van der Waals surface area contributed by atoms with Gasteiger partial charge < -0.3 is 20.3 Å². The van der Waals surface area contributed by atoms with Crippen LogP contribution in [0.4, 0.5) is 10.6 Å². The molecular weight excluding hydrogens is 350 g/mol. The fraction of sp³-hybridized carbons (Fsp3) is 0.588. The van der Waals surface area contributed by atoms with Gasteiger partial charge in [0, 0.05) is 31.5 Å². The smallest absolute Gasteiger partial charge is 0.328 e. The van der Waals surface area contributed by atoms with E-state index in [9.17, 15) is 9.59 Å². The third-order valence-electron chi connectivity index (χ3n) is 4.60. The molecular formula is C17H25N7O3. The molecule has 0 spiro atoms. The number of fused-ring (bicyclic) bond motifs is 1. The van der Waals surface area contributed by atoms with Crippen molar-refractivity contribution >= 4 is 23.5 Å². The van der Waals surface area contributed by atoms with E-state index in [1.54, 1.807) is 20.0 Å². The molecule has 0 aliphatic carbocycles. The molecule has 0 aromatic carbocycles. The molecule has 1 unspecified atom stereocenters. The minimum Gasteiger partial charge on any atom is -0.464 e. The van der Waals surface area contributed by atoms with Crippen molar-refractivity contribution in [2.75, 3.05) is 24.6 Å². The number of nitrogens with one attached hydrogen (secondary N) is 2. The number of nitrogens with zero attached hydrogens (tertiary/aromatic N) is 5. The Morgan fingerprint density at radius 3 is 2.78 bits per heavy atom. The van der Waals surface area contributed by atoms with Crippen molar-refractivity contribution in [3.05, 3.63) is 18.2 Å².